The number of aryl methyl sites for hydroxylation is 1. The SMILES string of the molecule is Cc1ncc(S(=O)(=O)Cl)c(Br)c1OC(F)(F)F. The summed E-state index contributed by atoms with van der Waals surface area (Å²) in [5, 5.41) is 0. The molecule has 1 aromatic rings. The predicted octanol–water partition coefficient (Wildman–Crippen LogP) is 2.98. The number of pyridine rings is 1. The first-order chi connectivity index (χ1) is 7.52. The van der Waals surface area contributed by atoms with Crippen LogP contribution in [0, 0.1) is 6.92 Å². The quantitative estimate of drug-likeness (QED) is 0.766. The fourth-order valence-electron chi connectivity index (χ4n) is 0.946. The van der Waals surface area contributed by atoms with Crippen molar-refractivity contribution < 1.29 is 26.3 Å². The lowest BCUT2D eigenvalue weighted by Crippen LogP contribution is -2.19. The van der Waals surface area contributed by atoms with Gasteiger partial charge in [-0.1, -0.05) is 0 Å². The van der Waals surface area contributed by atoms with E-state index >= 15 is 0 Å². The molecule has 0 atom stereocenters. The van der Waals surface area contributed by atoms with Gasteiger partial charge < -0.3 is 4.74 Å². The fraction of sp³-hybridized carbons (Fsp3) is 0.286. The van der Waals surface area contributed by atoms with Crippen molar-refractivity contribution in [2.24, 2.45) is 0 Å². The number of alkyl halides is 3. The zero-order valence-corrected chi connectivity index (χ0v) is 11.2. The van der Waals surface area contributed by atoms with Crippen molar-refractivity contribution in [1.82, 2.24) is 4.98 Å². The maximum Gasteiger partial charge on any atom is 0.573 e. The van der Waals surface area contributed by atoms with Gasteiger partial charge in [-0.05, 0) is 22.9 Å². The van der Waals surface area contributed by atoms with Gasteiger partial charge in [-0.2, -0.15) is 0 Å². The number of aromatic nitrogens is 1. The van der Waals surface area contributed by atoms with Crippen LogP contribution in [0.4, 0.5) is 13.2 Å². The van der Waals surface area contributed by atoms with Crippen molar-refractivity contribution in [1.29, 1.82) is 0 Å². The van der Waals surface area contributed by atoms with Crippen LogP contribution in [0.2, 0.25) is 0 Å². The number of hydrogen-bond donors (Lipinski definition) is 0. The highest BCUT2D eigenvalue weighted by atomic mass is 79.9. The highest BCUT2D eigenvalue weighted by molar-refractivity contribution is 9.10. The molecular weight excluding hydrogens is 350 g/mol. The normalized spacial score (nSPS) is 12.6. The van der Waals surface area contributed by atoms with E-state index in [0.717, 1.165) is 6.20 Å². The van der Waals surface area contributed by atoms with Crippen molar-refractivity contribution in [2.75, 3.05) is 0 Å². The number of halogens is 5. The molecule has 1 rings (SSSR count). The lowest BCUT2D eigenvalue weighted by molar-refractivity contribution is -0.275. The first kappa shape index (κ1) is 14.5. The highest BCUT2D eigenvalue weighted by Gasteiger charge is 2.34. The monoisotopic (exact) mass is 353 g/mol. The van der Waals surface area contributed by atoms with E-state index in [1.54, 1.807) is 0 Å². The molecule has 0 aromatic carbocycles. The van der Waals surface area contributed by atoms with Gasteiger partial charge in [0.25, 0.3) is 9.05 Å². The Bertz CT molecular complexity index is 546. The van der Waals surface area contributed by atoms with Crippen molar-refractivity contribution in [3.05, 3.63) is 16.4 Å². The number of hydrogen-bond acceptors (Lipinski definition) is 4. The van der Waals surface area contributed by atoms with Gasteiger partial charge in [0.05, 0.1) is 10.2 Å². The van der Waals surface area contributed by atoms with E-state index in [4.69, 9.17) is 10.7 Å². The van der Waals surface area contributed by atoms with Crippen molar-refractivity contribution in [3.63, 3.8) is 0 Å². The second-order valence-corrected chi connectivity index (χ2v) is 6.16. The van der Waals surface area contributed by atoms with Crippen LogP contribution in [0.15, 0.2) is 15.6 Å². The maximum atomic E-state index is 12.1. The van der Waals surface area contributed by atoms with E-state index in [2.05, 4.69) is 25.7 Å². The topological polar surface area (TPSA) is 56.3 Å². The molecule has 0 unspecified atom stereocenters. The molecular formula is C7H4BrClF3NO3S. The molecule has 1 heterocycles. The lowest BCUT2D eigenvalue weighted by atomic mass is 10.3. The Hall–Kier alpha value is -0.540. The average Bonchev–Trinajstić information content (AvgIpc) is 2.08. The minimum Gasteiger partial charge on any atom is -0.403 e. The predicted molar refractivity (Wildman–Crippen MR) is 56.4 cm³/mol. The summed E-state index contributed by atoms with van der Waals surface area (Å²) in [6.45, 7) is 1.23. The maximum absolute atomic E-state index is 12.1. The second-order valence-electron chi connectivity index (χ2n) is 2.84. The molecule has 17 heavy (non-hydrogen) atoms. The van der Waals surface area contributed by atoms with Crippen LogP contribution in [0.25, 0.3) is 0 Å². The van der Waals surface area contributed by atoms with Crippen LogP contribution in [-0.4, -0.2) is 19.8 Å². The first-order valence-electron chi connectivity index (χ1n) is 3.88. The Morgan fingerprint density at radius 2 is 2.00 bits per heavy atom. The third kappa shape index (κ3) is 3.71. The summed E-state index contributed by atoms with van der Waals surface area (Å²) in [7, 11) is 0.812. The third-order valence-electron chi connectivity index (χ3n) is 1.60. The molecule has 0 bridgehead atoms. The number of nitrogens with zero attached hydrogens (tertiary/aromatic N) is 1. The molecule has 0 N–H and O–H groups in total. The Balaban J connectivity index is 3.41. The van der Waals surface area contributed by atoms with Gasteiger partial charge in [0.15, 0.2) is 5.75 Å². The van der Waals surface area contributed by atoms with E-state index in [-0.39, 0.29) is 5.69 Å². The molecule has 0 aliphatic carbocycles. The van der Waals surface area contributed by atoms with Crippen LogP contribution < -0.4 is 4.74 Å². The summed E-state index contributed by atoms with van der Waals surface area (Å²) in [4.78, 5) is 2.88. The Morgan fingerprint density at radius 1 is 1.47 bits per heavy atom. The van der Waals surface area contributed by atoms with Gasteiger partial charge in [-0.25, -0.2) is 8.42 Å². The minimum atomic E-state index is -4.95. The molecule has 4 nitrogen and oxygen atoms in total. The van der Waals surface area contributed by atoms with Gasteiger partial charge in [-0.3, -0.25) is 4.98 Å². The summed E-state index contributed by atoms with van der Waals surface area (Å²) < 4.78 is 61.6. The Labute approximate surface area is 107 Å². The summed E-state index contributed by atoms with van der Waals surface area (Å²) in [5.41, 5.74) is -0.127. The van der Waals surface area contributed by atoms with Crippen LogP contribution in [0.3, 0.4) is 0 Å². The molecule has 96 valence electrons. The van der Waals surface area contributed by atoms with Crippen LogP contribution in [-0.2, 0) is 9.05 Å². The lowest BCUT2D eigenvalue weighted by Gasteiger charge is -2.13. The number of ether oxygens (including phenoxy) is 1. The van der Waals surface area contributed by atoms with E-state index in [1.807, 2.05) is 0 Å². The Kier molecular flexibility index (Phi) is 3.94. The summed E-state index contributed by atoms with van der Waals surface area (Å²) in [5.74, 6) is -0.737. The van der Waals surface area contributed by atoms with Crippen LogP contribution in [0.1, 0.15) is 5.69 Å². The van der Waals surface area contributed by atoms with Crippen LogP contribution in [0.5, 0.6) is 5.75 Å². The summed E-state index contributed by atoms with van der Waals surface area (Å²) >= 11 is 2.69. The smallest absolute Gasteiger partial charge is 0.403 e. The highest BCUT2D eigenvalue weighted by Crippen LogP contribution is 2.37. The summed E-state index contributed by atoms with van der Waals surface area (Å²) in [6, 6.07) is 0. The Morgan fingerprint density at radius 3 is 2.41 bits per heavy atom. The van der Waals surface area contributed by atoms with Gasteiger partial charge >= 0.3 is 6.36 Å². The van der Waals surface area contributed by atoms with E-state index < -0.39 is 30.5 Å². The average molecular weight is 355 g/mol. The van der Waals surface area contributed by atoms with Crippen molar-refractivity contribution >= 4 is 35.7 Å². The molecule has 0 saturated heterocycles. The molecule has 0 radical (unpaired) electrons. The van der Waals surface area contributed by atoms with Gasteiger partial charge in [0, 0.05) is 16.9 Å². The molecule has 0 fully saturated rings. The van der Waals surface area contributed by atoms with E-state index in [0.29, 0.717) is 0 Å². The fourth-order valence-corrected chi connectivity index (χ4v) is 3.17. The largest absolute Gasteiger partial charge is 0.573 e. The zero-order valence-electron chi connectivity index (χ0n) is 8.05. The van der Waals surface area contributed by atoms with Crippen molar-refractivity contribution in [3.8, 4) is 5.75 Å². The molecule has 0 aliphatic rings. The van der Waals surface area contributed by atoms with E-state index in [1.165, 1.54) is 6.92 Å². The first-order valence-corrected chi connectivity index (χ1v) is 6.98. The third-order valence-corrected chi connectivity index (χ3v) is 3.98. The molecule has 1 aromatic heterocycles. The van der Waals surface area contributed by atoms with Gasteiger partial charge in [0.1, 0.15) is 4.90 Å². The molecule has 0 saturated carbocycles. The van der Waals surface area contributed by atoms with Crippen LogP contribution >= 0.6 is 26.6 Å². The molecule has 0 aliphatic heterocycles. The molecule has 0 spiro atoms. The van der Waals surface area contributed by atoms with Gasteiger partial charge in [0.2, 0.25) is 0 Å². The second kappa shape index (κ2) is 4.62. The van der Waals surface area contributed by atoms with Gasteiger partial charge in [-0.15, -0.1) is 13.2 Å². The molecule has 10 heteroatoms. The standard InChI is InChI=1S/C7H4BrClF3NO3S/c1-3-6(16-7(10,11)12)5(8)4(2-13-3)17(9,14)15/h2H,1H3. The summed E-state index contributed by atoms with van der Waals surface area (Å²) in [6.07, 6.45) is -4.12. The minimum absolute atomic E-state index is 0.127. The van der Waals surface area contributed by atoms with E-state index in [9.17, 15) is 21.6 Å². The number of rotatable bonds is 2. The molecule has 0 amide bonds. The van der Waals surface area contributed by atoms with Crippen molar-refractivity contribution in [2.45, 2.75) is 18.2 Å². The zero-order chi connectivity index (χ0) is 13.4.